The maximum Gasteiger partial charge on any atom is 0.247 e. The van der Waals surface area contributed by atoms with Crippen molar-refractivity contribution in [3.63, 3.8) is 0 Å². The van der Waals surface area contributed by atoms with Crippen LogP contribution in [0.2, 0.25) is 0 Å². The molecule has 128 valence electrons. The number of hydrogen-bond acceptors (Lipinski definition) is 3. The zero-order valence-electron chi connectivity index (χ0n) is 13.2. The predicted molar refractivity (Wildman–Crippen MR) is 79.8 cm³/mol. The minimum absolute atomic E-state index is 0.0226. The number of hydrogen-bond donors (Lipinski definition) is 0. The van der Waals surface area contributed by atoms with Gasteiger partial charge in [-0.05, 0) is 6.07 Å². The van der Waals surface area contributed by atoms with E-state index in [2.05, 4.69) is 0 Å². The van der Waals surface area contributed by atoms with Crippen LogP contribution in [0.1, 0.15) is 5.56 Å². The minimum Gasteiger partial charge on any atom is -0.338 e. The summed E-state index contributed by atoms with van der Waals surface area (Å²) in [6.45, 7) is 0.651. The van der Waals surface area contributed by atoms with Crippen molar-refractivity contribution in [2.45, 2.75) is 12.5 Å². The van der Waals surface area contributed by atoms with Crippen molar-refractivity contribution < 1.29 is 23.2 Å². The third-order valence-corrected chi connectivity index (χ3v) is 4.46. The molecule has 2 aliphatic rings. The van der Waals surface area contributed by atoms with Crippen molar-refractivity contribution >= 4 is 17.7 Å². The van der Waals surface area contributed by atoms with E-state index in [1.807, 2.05) is 0 Å². The molecule has 0 N–H and O–H groups in total. The molecule has 0 saturated carbocycles. The van der Waals surface area contributed by atoms with Gasteiger partial charge in [-0.15, -0.1) is 0 Å². The van der Waals surface area contributed by atoms with E-state index in [1.54, 1.807) is 7.05 Å². The first-order valence-corrected chi connectivity index (χ1v) is 7.63. The quantitative estimate of drug-likeness (QED) is 0.764. The zero-order chi connectivity index (χ0) is 17.4. The van der Waals surface area contributed by atoms with Gasteiger partial charge in [0.05, 0.1) is 19.5 Å². The number of carbonyl (C=O) groups is 3. The summed E-state index contributed by atoms with van der Waals surface area (Å²) >= 11 is 0. The van der Waals surface area contributed by atoms with Crippen LogP contribution in [0, 0.1) is 11.6 Å². The van der Waals surface area contributed by atoms with E-state index >= 15 is 0 Å². The molecule has 6 nitrogen and oxygen atoms in total. The van der Waals surface area contributed by atoms with Gasteiger partial charge in [-0.2, -0.15) is 0 Å². The molecule has 1 aromatic carbocycles. The van der Waals surface area contributed by atoms with Gasteiger partial charge in [0, 0.05) is 25.7 Å². The number of nitrogens with zero attached hydrogens (tertiary/aromatic N) is 3. The molecule has 0 bridgehead atoms. The Morgan fingerprint density at radius 2 is 2.00 bits per heavy atom. The highest BCUT2D eigenvalue weighted by Crippen LogP contribution is 2.19. The molecule has 2 fully saturated rings. The maximum atomic E-state index is 13.7. The van der Waals surface area contributed by atoms with E-state index < -0.39 is 23.6 Å². The zero-order valence-corrected chi connectivity index (χ0v) is 13.2. The van der Waals surface area contributed by atoms with Gasteiger partial charge >= 0.3 is 0 Å². The van der Waals surface area contributed by atoms with E-state index in [0.717, 1.165) is 6.07 Å². The summed E-state index contributed by atoms with van der Waals surface area (Å²) in [7, 11) is 1.54. The number of carbonyl (C=O) groups excluding carboxylic acids is 3. The lowest BCUT2D eigenvalue weighted by atomic mass is 10.1. The third-order valence-electron chi connectivity index (χ3n) is 4.46. The van der Waals surface area contributed by atoms with Crippen LogP contribution < -0.4 is 0 Å². The summed E-state index contributed by atoms with van der Waals surface area (Å²) in [6.07, 6.45) is -0.283. The standard InChI is InChI=1S/C16H17F2N3O3/c1-19-9-14(23)21-6-5-20(8-12(21)16(19)24)13(22)7-10-3-2-4-11(17)15(10)18/h2-4,12H,5-9H2,1H3. The van der Waals surface area contributed by atoms with Gasteiger partial charge in [0.1, 0.15) is 6.04 Å². The fourth-order valence-corrected chi connectivity index (χ4v) is 3.11. The van der Waals surface area contributed by atoms with Crippen LogP contribution in [0.25, 0.3) is 0 Å². The second-order valence-corrected chi connectivity index (χ2v) is 6.03. The average molecular weight is 337 g/mol. The lowest BCUT2D eigenvalue weighted by Crippen LogP contribution is -2.66. The first-order valence-electron chi connectivity index (χ1n) is 7.63. The summed E-state index contributed by atoms with van der Waals surface area (Å²) in [6, 6.07) is 2.99. The predicted octanol–water partition coefficient (Wildman–Crippen LogP) is 0.0187. The Balaban J connectivity index is 1.72. The maximum absolute atomic E-state index is 13.7. The molecule has 0 spiro atoms. The largest absolute Gasteiger partial charge is 0.338 e. The highest BCUT2D eigenvalue weighted by atomic mass is 19.2. The number of amides is 3. The number of piperazine rings is 2. The van der Waals surface area contributed by atoms with Crippen LogP contribution in [0.3, 0.4) is 0 Å². The van der Waals surface area contributed by atoms with E-state index in [-0.39, 0.29) is 50.0 Å². The molecule has 0 aliphatic carbocycles. The molecule has 2 aliphatic heterocycles. The topological polar surface area (TPSA) is 60.9 Å². The lowest BCUT2D eigenvalue weighted by molar-refractivity contribution is -0.160. The monoisotopic (exact) mass is 337 g/mol. The Labute approximate surface area is 137 Å². The second kappa shape index (κ2) is 6.18. The fraction of sp³-hybridized carbons (Fsp3) is 0.438. The number of fused-ring (bicyclic) bond motifs is 1. The van der Waals surface area contributed by atoms with Gasteiger partial charge in [-0.1, -0.05) is 12.1 Å². The van der Waals surface area contributed by atoms with Crippen LogP contribution in [-0.4, -0.2) is 71.7 Å². The second-order valence-electron chi connectivity index (χ2n) is 6.03. The summed E-state index contributed by atoms with van der Waals surface area (Å²) in [5, 5.41) is 0. The number of rotatable bonds is 2. The molecule has 1 unspecified atom stereocenters. The number of likely N-dealkylation sites (N-methyl/N-ethyl adjacent to an activating group) is 1. The van der Waals surface area contributed by atoms with Crippen molar-refractivity contribution in [1.82, 2.24) is 14.7 Å². The molecule has 0 aromatic heterocycles. The molecule has 3 rings (SSSR count). The van der Waals surface area contributed by atoms with Gasteiger partial charge in [-0.25, -0.2) is 8.78 Å². The summed E-state index contributed by atoms with van der Waals surface area (Å²) in [4.78, 5) is 40.8. The van der Waals surface area contributed by atoms with Gasteiger partial charge in [-0.3, -0.25) is 14.4 Å². The van der Waals surface area contributed by atoms with Crippen molar-refractivity contribution in [3.05, 3.63) is 35.4 Å². The molecule has 3 amide bonds. The Bertz CT molecular complexity index is 710. The average Bonchev–Trinajstić information content (AvgIpc) is 2.56. The van der Waals surface area contributed by atoms with Crippen LogP contribution in [0.15, 0.2) is 18.2 Å². The van der Waals surface area contributed by atoms with Crippen molar-refractivity contribution in [2.75, 3.05) is 33.2 Å². The Morgan fingerprint density at radius 3 is 2.75 bits per heavy atom. The molecule has 2 saturated heterocycles. The summed E-state index contributed by atoms with van der Waals surface area (Å²) in [5.41, 5.74) is -0.0226. The molecule has 0 radical (unpaired) electrons. The van der Waals surface area contributed by atoms with E-state index in [0.29, 0.717) is 0 Å². The third kappa shape index (κ3) is 2.83. The minimum atomic E-state index is -1.03. The molecular weight excluding hydrogens is 320 g/mol. The van der Waals surface area contributed by atoms with Crippen molar-refractivity contribution in [2.24, 2.45) is 0 Å². The van der Waals surface area contributed by atoms with Crippen LogP contribution in [0.4, 0.5) is 8.78 Å². The van der Waals surface area contributed by atoms with Gasteiger partial charge in [0.15, 0.2) is 11.6 Å². The molecular formula is C16H17F2N3O3. The molecule has 1 aromatic rings. The lowest BCUT2D eigenvalue weighted by Gasteiger charge is -2.45. The number of halogens is 2. The first kappa shape index (κ1) is 16.4. The van der Waals surface area contributed by atoms with Crippen molar-refractivity contribution in [1.29, 1.82) is 0 Å². The van der Waals surface area contributed by atoms with E-state index in [4.69, 9.17) is 0 Å². The summed E-state index contributed by atoms with van der Waals surface area (Å²) in [5.74, 6) is -2.80. The molecule has 8 heteroatoms. The van der Waals surface area contributed by atoms with Crippen LogP contribution in [0.5, 0.6) is 0 Å². The van der Waals surface area contributed by atoms with E-state index in [1.165, 1.54) is 26.8 Å². The Morgan fingerprint density at radius 1 is 1.25 bits per heavy atom. The van der Waals surface area contributed by atoms with Crippen LogP contribution in [-0.2, 0) is 20.8 Å². The normalized spacial score (nSPS) is 21.1. The SMILES string of the molecule is CN1CC(=O)N2CCN(C(=O)Cc3cccc(F)c3F)CC2C1=O. The van der Waals surface area contributed by atoms with Crippen molar-refractivity contribution in [3.8, 4) is 0 Å². The highest BCUT2D eigenvalue weighted by molar-refractivity contribution is 5.95. The summed E-state index contributed by atoms with van der Waals surface area (Å²) < 4.78 is 26.9. The molecule has 1 atom stereocenters. The fourth-order valence-electron chi connectivity index (χ4n) is 3.11. The molecule has 2 heterocycles. The van der Waals surface area contributed by atoms with Gasteiger partial charge in [0.25, 0.3) is 0 Å². The molecule has 24 heavy (non-hydrogen) atoms. The van der Waals surface area contributed by atoms with Gasteiger partial charge < -0.3 is 14.7 Å². The first-order chi connectivity index (χ1) is 11.4. The van der Waals surface area contributed by atoms with E-state index in [9.17, 15) is 23.2 Å². The smallest absolute Gasteiger partial charge is 0.247 e. The Kier molecular flexibility index (Phi) is 4.21. The van der Waals surface area contributed by atoms with Crippen LogP contribution >= 0.6 is 0 Å². The number of benzene rings is 1. The van der Waals surface area contributed by atoms with Gasteiger partial charge in [0.2, 0.25) is 17.7 Å². The highest BCUT2D eigenvalue weighted by Gasteiger charge is 2.42. The Hall–Kier alpha value is -2.51.